The highest BCUT2D eigenvalue weighted by atomic mass is 16.6. The number of hydrogen-bond donors (Lipinski definition) is 0. The highest BCUT2D eigenvalue weighted by Gasteiger charge is 2.19. The quantitative estimate of drug-likeness (QED) is 0.0261. The SMILES string of the molecule is CC/C=C\C/C=C\C/C=C\C/C=C\CCCCCCCCCCCCCCCCCCCCC(=O)OCC(COC(=O)CCCCCCC/C=C\C/C=C\CCCC)OC(=O)CCCCCCC/C=C\CCCCCCCCC. The fourth-order valence-corrected chi connectivity index (χ4v) is 9.74. The van der Waals surface area contributed by atoms with Gasteiger partial charge in [-0.25, -0.2) is 0 Å². The van der Waals surface area contributed by atoms with Gasteiger partial charge in [0.1, 0.15) is 13.2 Å². The first-order valence-electron chi connectivity index (χ1n) is 34.1. The summed E-state index contributed by atoms with van der Waals surface area (Å²) in [5.41, 5.74) is 0. The Balaban J connectivity index is 4.20. The van der Waals surface area contributed by atoms with Crippen LogP contribution in [0.5, 0.6) is 0 Å². The van der Waals surface area contributed by atoms with Gasteiger partial charge in [0.2, 0.25) is 0 Å². The first-order chi connectivity index (χ1) is 39.0. The summed E-state index contributed by atoms with van der Waals surface area (Å²) in [6.45, 7) is 6.50. The summed E-state index contributed by atoms with van der Waals surface area (Å²) < 4.78 is 16.9. The van der Waals surface area contributed by atoms with E-state index >= 15 is 0 Å². The van der Waals surface area contributed by atoms with Crippen LogP contribution in [0.4, 0.5) is 0 Å². The molecule has 0 aromatic carbocycles. The average molecular weight is 1100 g/mol. The maximum absolute atomic E-state index is 12.9. The zero-order valence-electron chi connectivity index (χ0n) is 52.4. The molecule has 0 bridgehead atoms. The summed E-state index contributed by atoms with van der Waals surface area (Å²) in [5.74, 6) is -0.887. The lowest BCUT2D eigenvalue weighted by molar-refractivity contribution is -0.167. The molecule has 0 rings (SSSR count). The molecule has 0 radical (unpaired) electrons. The van der Waals surface area contributed by atoms with Crippen molar-refractivity contribution in [2.45, 2.75) is 348 Å². The molecular weight excluding hydrogens is 973 g/mol. The van der Waals surface area contributed by atoms with Gasteiger partial charge in [0.15, 0.2) is 6.10 Å². The van der Waals surface area contributed by atoms with Crippen molar-refractivity contribution in [2.75, 3.05) is 13.2 Å². The Morgan fingerprint density at radius 1 is 0.266 bits per heavy atom. The molecule has 1 atom stereocenters. The number of carbonyl (C=O) groups excluding carboxylic acids is 3. The molecule has 0 aliphatic rings. The zero-order chi connectivity index (χ0) is 57.1. The lowest BCUT2D eigenvalue weighted by Crippen LogP contribution is -2.30. The number of rotatable bonds is 62. The number of carbonyl (C=O) groups is 3. The highest BCUT2D eigenvalue weighted by Crippen LogP contribution is 2.17. The van der Waals surface area contributed by atoms with Gasteiger partial charge in [-0.1, -0.05) is 298 Å². The van der Waals surface area contributed by atoms with E-state index in [-0.39, 0.29) is 31.1 Å². The second-order valence-electron chi connectivity index (χ2n) is 22.7. The fourth-order valence-electron chi connectivity index (χ4n) is 9.74. The van der Waals surface area contributed by atoms with Crippen molar-refractivity contribution in [2.24, 2.45) is 0 Å². The van der Waals surface area contributed by atoms with Gasteiger partial charge >= 0.3 is 17.9 Å². The van der Waals surface area contributed by atoms with Crippen LogP contribution in [0.3, 0.4) is 0 Å². The van der Waals surface area contributed by atoms with E-state index < -0.39 is 6.10 Å². The standard InChI is InChI=1S/C73H128O6/c1-4-7-10-13-16-19-22-25-28-30-31-32-33-34-35-36-37-38-39-40-41-42-43-44-46-48-51-54-57-60-63-66-72(75)78-69-70(68-77-71(74)65-62-59-56-53-50-47-27-24-21-18-15-12-9-6-3)79-73(76)67-64-61-58-55-52-49-45-29-26-23-20-17-14-11-8-5-2/h7,10,15-16,18-19,24-25,27-29,31-32,45,70H,4-6,8-9,11-14,17,20-23,26,30,33-44,46-69H2,1-3H3/b10-7-,18-15-,19-16-,27-24-,28-25-,32-31-,45-29-. The minimum Gasteiger partial charge on any atom is -0.462 e. The van der Waals surface area contributed by atoms with Crippen LogP contribution < -0.4 is 0 Å². The van der Waals surface area contributed by atoms with Crippen molar-refractivity contribution in [3.63, 3.8) is 0 Å². The molecule has 0 aromatic heterocycles. The summed E-state index contributed by atoms with van der Waals surface area (Å²) in [6.07, 6.45) is 88.9. The first kappa shape index (κ1) is 75.6. The Kier molecular flexibility index (Phi) is 64.2. The van der Waals surface area contributed by atoms with Gasteiger partial charge in [0.25, 0.3) is 0 Å². The van der Waals surface area contributed by atoms with Crippen LogP contribution in [-0.4, -0.2) is 37.2 Å². The third kappa shape index (κ3) is 65.3. The summed E-state index contributed by atoms with van der Waals surface area (Å²) in [4.78, 5) is 38.3. The number of esters is 3. The largest absolute Gasteiger partial charge is 0.462 e. The Labute approximate surface area is 490 Å². The van der Waals surface area contributed by atoms with E-state index in [2.05, 4.69) is 106 Å². The predicted octanol–water partition coefficient (Wildman–Crippen LogP) is 23.4. The lowest BCUT2D eigenvalue weighted by Gasteiger charge is -2.18. The van der Waals surface area contributed by atoms with E-state index in [9.17, 15) is 14.4 Å². The average Bonchev–Trinajstić information content (AvgIpc) is 3.45. The molecule has 0 saturated heterocycles. The van der Waals surface area contributed by atoms with Gasteiger partial charge in [0, 0.05) is 19.3 Å². The highest BCUT2D eigenvalue weighted by molar-refractivity contribution is 5.71. The molecule has 0 N–H and O–H groups in total. The van der Waals surface area contributed by atoms with E-state index in [1.165, 1.54) is 186 Å². The molecule has 0 heterocycles. The molecule has 79 heavy (non-hydrogen) atoms. The second kappa shape index (κ2) is 67.1. The van der Waals surface area contributed by atoms with Crippen LogP contribution >= 0.6 is 0 Å². The number of allylic oxidation sites excluding steroid dienone is 14. The van der Waals surface area contributed by atoms with Crippen molar-refractivity contribution in [1.82, 2.24) is 0 Å². The summed E-state index contributed by atoms with van der Waals surface area (Å²) >= 11 is 0. The third-order valence-corrected chi connectivity index (χ3v) is 14.9. The number of unbranched alkanes of at least 4 members (excludes halogenated alkanes) is 37. The molecule has 0 aromatic rings. The molecule has 0 amide bonds. The molecule has 6 heteroatoms. The van der Waals surface area contributed by atoms with Crippen LogP contribution in [-0.2, 0) is 28.6 Å². The van der Waals surface area contributed by atoms with Crippen LogP contribution in [0.25, 0.3) is 0 Å². The Morgan fingerprint density at radius 3 is 0.823 bits per heavy atom. The molecule has 1 unspecified atom stereocenters. The van der Waals surface area contributed by atoms with E-state index in [1.54, 1.807) is 0 Å². The first-order valence-corrected chi connectivity index (χ1v) is 34.1. The van der Waals surface area contributed by atoms with Gasteiger partial charge < -0.3 is 14.2 Å². The van der Waals surface area contributed by atoms with E-state index in [0.717, 1.165) is 116 Å². The molecule has 0 aliphatic heterocycles. The Morgan fingerprint density at radius 2 is 0.506 bits per heavy atom. The minimum absolute atomic E-state index is 0.0808. The van der Waals surface area contributed by atoms with Gasteiger partial charge in [0.05, 0.1) is 0 Å². The fraction of sp³-hybridized carbons (Fsp3) is 0.767. The van der Waals surface area contributed by atoms with Crippen molar-refractivity contribution in [1.29, 1.82) is 0 Å². The lowest BCUT2D eigenvalue weighted by atomic mass is 10.0. The van der Waals surface area contributed by atoms with Crippen LogP contribution in [0, 0.1) is 0 Å². The maximum atomic E-state index is 12.9. The molecule has 6 nitrogen and oxygen atoms in total. The maximum Gasteiger partial charge on any atom is 0.306 e. The monoisotopic (exact) mass is 1100 g/mol. The van der Waals surface area contributed by atoms with Crippen LogP contribution in [0.15, 0.2) is 85.1 Å². The minimum atomic E-state index is -0.786. The molecule has 0 fully saturated rings. The van der Waals surface area contributed by atoms with E-state index in [4.69, 9.17) is 14.2 Å². The molecule has 0 spiro atoms. The zero-order valence-corrected chi connectivity index (χ0v) is 52.4. The Bertz CT molecular complexity index is 1500. The Hall–Kier alpha value is -3.41. The van der Waals surface area contributed by atoms with Crippen LogP contribution in [0.1, 0.15) is 342 Å². The predicted molar refractivity (Wildman–Crippen MR) is 344 cm³/mol. The number of hydrogen-bond acceptors (Lipinski definition) is 6. The van der Waals surface area contributed by atoms with E-state index in [1.807, 2.05) is 0 Å². The number of ether oxygens (including phenoxy) is 3. The van der Waals surface area contributed by atoms with Gasteiger partial charge in [-0.05, 0) is 109 Å². The van der Waals surface area contributed by atoms with Gasteiger partial charge in [-0.2, -0.15) is 0 Å². The molecule has 0 saturated carbocycles. The summed E-state index contributed by atoms with van der Waals surface area (Å²) in [6, 6.07) is 0. The normalized spacial score (nSPS) is 12.6. The molecule has 0 aliphatic carbocycles. The van der Waals surface area contributed by atoms with Gasteiger partial charge in [-0.3, -0.25) is 14.4 Å². The van der Waals surface area contributed by atoms with Crippen molar-refractivity contribution in [3.05, 3.63) is 85.1 Å². The molecular formula is C73H128O6. The van der Waals surface area contributed by atoms with Crippen LogP contribution in [0.2, 0.25) is 0 Å². The topological polar surface area (TPSA) is 78.9 Å². The molecule has 456 valence electrons. The van der Waals surface area contributed by atoms with E-state index in [0.29, 0.717) is 19.3 Å². The smallest absolute Gasteiger partial charge is 0.306 e. The second-order valence-corrected chi connectivity index (χ2v) is 22.7. The van der Waals surface area contributed by atoms with Crippen molar-refractivity contribution >= 4 is 17.9 Å². The summed E-state index contributed by atoms with van der Waals surface area (Å²) in [7, 11) is 0. The van der Waals surface area contributed by atoms with Gasteiger partial charge in [-0.15, -0.1) is 0 Å². The van der Waals surface area contributed by atoms with Crippen molar-refractivity contribution in [3.8, 4) is 0 Å². The third-order valence-electron chi connectivity index (χ3n) is 14.9. The van der Waals surface area contributed by atoms with Crippen molar-refractivity contribution < 1.29 is 28.6 Å². The summed E-state index contributed by atoms with van der Waals surface area (Å²) in [5, 5.41) is 0.